The molecule has 2 fully saturated rings. The van der Waals surface area contributed by atoms with Crippen LogP contribution in [-0.4, -0.2) is 56.2 Å². The Morgan fingerprint density at radius 2 is 1.87 bits per heavy atom. The van der Waals surface area contributed by atoms with Gasteiger partial charge in [-0.05, 0) is 31.7 Å². The van der Waals surface area contributed by atoms with Crippen molar-refractivity contribution >= 4 is 20.0 Å². The number of hydrogen-bond acceptors (Lipinski definition) is 4. The van der Waals surface area contributed by atoms with Crippen molar-refractivity contribution in [3.63, 3.8) is 0 Å². The zero-order valence-corrected chi connectivity index (χ0v) is 20.2. The Morgan fingerprint density at radius 1 is 1.19 bits per heavy atom. The molecule has 3 rings (SSSR count). The summed E-state index contributed by atoms with van der Waals surface area (Å²) in [5, 5.41) is 4.52. The highest BCUT2D eigenvalue weighted by atomic mass is 28.3. The number of carbonyl (C=O) groups is 2. The second-order valence-corrected chi connectivity index (χ2v) is 14.8. The van der Waals surface area contributed by atoms with E-state index in [1.54, 1.807) is 0 Å². The fourth-order valence-corrected chi connectivity index (χ4v) is 5.55. The van der Waals surface area contributed by atoms with Crippen LogP contribution in [0.3, 0.4) is 0 Å². The molecule has 3 amide bonds. The van der Waals surface area contributed by atoms with Crippen LogP contribution in [0.25, 0.3) is 0 Å². The fourth-order valence-electron chi connectivity index (χ4n) is 4.30. The molecular weight excluding hydrogens is 410 g/mol. The number of nitrogens with zero attached hydrogens (tertiary/aromatic N) is 1. The molecule has 31 heavy (non-hydrogen) atoms. The van der Waals surface area contributed by atoms with Gasteiger partial charge in [-0.1, -0.05) is 62.8 Å². The number of hydrogen-bond donors (Lipinski definition) is 2. The smallest absolute Gasteiger partial charge is 0.333 e. The summed E-state index contributed by atoms with van der Waals surface area (Å²) in [6, 6.07) is 9.40. The number of ether oxygens (including phenoxy) is 2. The van der Waals surface area contributed by atoms with E-state index in [4.69, 9.17) is 9.47 Å². The maximum Gasteiger partial charge on any atom is 0.333 e. The third-order valence-corrected chi connectivity index (χ3v) is 7.67. The maximum absolute atomic E-state index is 13.1. The first-order chi connectivity index (χ1) is 14.8. The van der Waals surface area contributed by atoms with Gasteiger partial charge in [0.15, 0.2) is 0 Å². The van der Waals surface area contributed by atoms with Crippen molar-refractivity contribution in [3.8, 4) is 0 Å². The van der Waals surface area contributed by atoms with Crippen molar-refractivity contribution in [2.24, 2.45) is 5.92 Å². The lowest BCUT2D eigenvalue weighted by atomic mass is 10.0. The van der Waals surface area contributed by atoms with E-state index in [1.807, 2.05) is 37.3 Å². The van der Waals surface area contributed by atoms with Gasteiger partial charge in [-0.25, -0.2) is 15.2 Å². The summed E-state index contributed by atoms with van der Waals surface area (Å²) in [7, 11) is -1.80. The van der Waals surface area contributed by atoms with Crippen molar-refractivity contribution in [2.75, 3.05) is 13.2 Å². The summed E-state index contributed by atoms with van der Waals surface area (Å²) in [5.74, 6) is -0.354. The highest BCUT2D eigenvalue weighted by Gasteiger charge is 2.39. The average molecular weight is 448 g/mol. The molecule has 1 aromatic rings. The number of rotatable bonds is 8. The van der Waals surface area contributed by atoms with E-state index in [1.165, 1.54) is 5.01 Å². The third-order valence-electron chi connectivity index (χ3n) is 5.96. The molecule has 0 spiro atoms. The fraction of sp³-hybridized carbons (Fsp3) is 0.652. The second-order valence-electron chi connectivity index (χ2n) is 9.64. The quantitative estimate of drug-likeness (QED) is 0.472. The summed E-state index contributed by atoms with van der Waals surface area (Å²) >= 11 is 0. The molecule has 172 valence electrons. The molecule has 0 radical (unpaired) electrons. The van der Waals surface area contributed by atoms with Gasteiger partial charge >= 0.3 is 6.03 Å². The lowest BCUT2D eigenvalue weighted by Crippen LogP contribution is -2.53. The van der Waals surface area contributed by atoms with E-state index in [9.17, 15) is 9.59 Å². The van der Waals surface area contributed by atoms with Crippen LogP contribution in [0.1, 0.15) is 38.2 Å². The zero-order chi connectivity index (χ0) is 22.4. The maximum atomic E-state index is 13.1. The summed E-state index contributed by atoms with van der Waals surface area (Å²) in [5.41, 5.74) is 3.88. The van der Waals surface area contributed by atoms with Crippen molar-refractivity contribution in [2.45, 2.75) is 76.7 Å². The number of urea groups is 1. The van der Waals surface area contributed by atoms with Crippen LogP contribution in [-0.2, 0) is 20.7 Å². The van der Waals surface area contributed by atoms with Crippen LogP contribution in [0.15, 0.2) is 30.3 Å². The molecule has 3 atom stereocenters. The predicted molar refractivity (Wildman–Crippen MR) is 123 cm³/mol. The lowest BCUT2D eigenvalue weighted by Gasteiger charge is -2.36. The van der Waals surface area contributed by atoms with Gasteiger partial charge < -0.3 is 14.8 Å². The number of nitrogens with one attached hydrogen (secondary N) is 2. The van der Waals surface area contributed by atoms with Gasteiger partial charge in [-0.15, -0.1) is 0 Å². The predicted octanol–water partition coefficient (Wildman–Crippen LogP) is 3.47. The van der Waals surface area contributed by atoms with Gasteiger partial charge in [0.2, 0.25) is 5.91 Å². The minimum absolute atomic E-state index is 0.0115. The lowest BCUT2D eigenvalue weighted by molar-refractivity contribution is -0.151. The van der Waals surface area contributed by atoms with Crippen LogP contribution in [0.4, 0.5) is 4.79 Å². The van der Waals surface area contributed by atoms with Crippen LogP contribution in [0.5, 0.6) is 0 Å². The Balaban J connectivity index is 1.84. The Kier molecular flexibility index (Phi) is 8.13. The van der Waals surface area contributed by atoms with Gasteiger partial charge in [0.05, 0.1) is 12.6 Å². The zero-order valence-electron chi connectivity index (χ0n) is 19.2. The van der Waals surface area contributed by atoms with Crippen molar-refractivity contribution in [3.05, 3.63) is 35.9 Å². The number of amides is 3. The molecule has 1 aliphatic heterocycles. The number of hydrazine groups is 1. The van der Waals surface area contributed by atoms with E-state index in [0.29, 0.717) is 19.6 Å². The van der Waals surface area contributed by atoms with E-state index < -0.39 is 8.07 Å². The Hall–Kier alpha value is -1.90. The Labute approximate surface area is 186 Å². The molecule has 2 N–H and O–H groups in total. The van der Waals surface area contributed by atoms with Gasteiger partial charge in [-0.2, -0.15) is 0 Å². The molecule has 0 bridgehead atoms. The van der Waals surface area contributed by atoms with E-state index in [0.717, 1.165) is 31.2 Å². The van der Waals surface area contributed by atoms with E-state index in [2.05, 4.69) is 30.4 Å². The van der Waals surface area contributed by atoms with E-state index >= 15 is 0 Å². The van der Waals surface area contributed by atoms with Crippen LogP contribution in [0.2, 0.25) is 19.6 Å². The number of benzene rings is 1. The van der Waals surface area contributed by atoms with Gasteiger partial charge in [-0.3, -0.25) is 4.79 Å². The molecular formula is C23H37N3O4Si. The summed E-state index contributed by atoms with van der Waals surface area (Å²) < 4.78 is 12.5. The minimum Gasteiger partial charge on any atom is -0.357 e. The van der Waals surface area contributed by atoms with Gasteiger partial charge in [0.1, 0.15) is 20.1 Å². The SMILES string of the molecule is CCOC(O[C@@H]1CN(C(=O)C2CCCC2)NC(=O)N[C@@H]1Cc1ccccc1)[Si](C)(C)C. The van der Waals surface area contributed by atoms with Crippen molar-refractivity contribution < 1.29 is 19.1 Å². The van der Waals surface area contributed by atoms with Crippen LogP contribution in [0, 0.1) is 5.92 Å². The standard InChI is InChI=1S/C23H37N3O4Si/c1-5-29-23(31(2,3)4)30-20-16-26(21(27)18-13-9-10-14-18)25-22(28)24-19(20)15-17-11-7-6-8-12-17/h6-8,11-12,18-20,23H,5,9-10,13-16H2,1-4H3,(H2,24,25,28)/t19-,20-,23?/m1/s1. The van der Waals surface area contributed by atoms with Crippen LogP contribution >= 0.6 is 0 Å². The van der Waals surface area contributed by atoms with Crippen molar-refractivity contribution in [1.82, 2.24) is 15.8 Å². The molecule has 0 aromatic heterocycles. The summed E-state index contributed by atoms with van der Waals surface area (Å²) in [4.78, 5) is 25.8. The molecule has 8 heteroatoms. The normalized spacial score (nSPS) is 23.7. The highest BCUT2D eigenvalue weighted by molar-refractivity contribution is 6.77. The molecule has 1 unspecified atom stereocenters. The third kappa shape index (κ3) is 6.54. The average Bonchev–Trinajstić information content (AvgIpc) is 3.21. The molecule has 1 aliphatic carbocycles. The second kappa shape index (κ2) is 10.6. The first-order valence-electron chi connectivity index (χ1n) is 11.5. The summed E-state index contributed by atoms with van der Waals surface area (Å²) in [6.45, 7) is 9.43. The van der Waals surface area contributed by atoms with Gasteiger partial charge in [0, 0.05) is 12.5 Å². The molecule has 1 saturated heterocycles. The molecule has 1 heterocycles. The van der Waals surface area contributed by atoms with Crippen molar-refractivity contribution in [1.29, 1.82) is 0 Å². The number of carbonyl (C=O) groups excluding carboxylic acids is 2. The van der Waals surface area contributed by atoms with Crippen LogP contribution < -0.4 is 10.7 Å². The monoisotopic (exact) mass is 447 g/mol. The Bertz CT molecular complexity index is 734. The first kappa shape index (κ1) is 23.8. The molecule has 1 saturated carbocycles. The van der Waals surface area contributed by atoms with Gasteiger partial charge in [0.25, 0.3) is 0 Å². The first-order valence-corrected chi connectivity index (χ1v) is 15.0. The largest absolute Gasteiger partial charge is 0.357 e. The highest BCUT2D eigenvalue weighted by Crippen LogP contribution is 2.27. The molecule has 7 nitrogen and oxygen atoms in total. The molecule has 1 aromatic carbocycles. The minimum atomic E-state index is -1.80. The Morgan fingerprint density at radius 3 is 2.48 bits per heavy atom. The molecule has 2 aliphatic rings. The van der Waals surface area contributed by atoms with E-state index in [-0.39, 0.29) is 35.9 Å². The topological polar surface area (TPSA) is 79.9 Å². The summed E-state index contributed by atoms with van der Waals surface area (Å²) in [6.07, 6.45) is 4.13.